The van der Waals surface area contributed by atoms with Crippen LogP contribution in [-0.4, -0.2) is 18.0 Å². The van der Waals surface area contributed by atoms with Crippen LogP contribution in [0.4, 0.5) is 0 Å². The highest BCUT2D eigenvalue weighted by molar-refractivity contribution is 5.85. The molecule has 1 aromatic carbocycles. The minimum Gasteiger partial charge on any atom is -0.354 e. The van der Waals surface area contributed by atoms with Crippen molar-refractivity contribution in [1.82, 2.24) is 5.32 Å². The van der Waals surface area contributed by atoms with E-state index in [-0.39, 0.29) is 23.9 Å². The molecule has 0 fully saturated rings. The number of carbonyl (C=O) groups excluding carboxylic acids is 1. The molecule has 0 heterocycles. The number of aryl methyl sites for hydroxylation is 2. The number of amides is 1. The lowest BCUT2D eigenvalue weighted by Gasteiger charge is -2.18. The Bertz CT molecular complexity index is 382. The highest BCUT2D eigenvalue weighted by atomic mass is 35.5. The number of hydrogen-bond donors (Lipinski definition) is 2. The number of rotatable bonds is 6. The third-order valence-corrected chi connectivity index (χ3v) is 2.81. The fourth-order valence-corrected chi connectivity index (χ4v) is 1.61. The molecule has 3 nitrogen and oxygen atoms in total. The van der Waals surface area contributed by atoms with Crippen molar-refractivity contribution in [1.29, 1.82) is 0 Å². The fourth-order valence-electron chi connectivity index (χ4n) is 1.61. The largest absolute Gasteiger partial charge is 0.354 e. The first-order chi connectivity index (χ1) is 8.40. The van der Waals surface area contributed by atoms with E-state index in [0.29, 0.717) is 13.0 Å². The van der Waals surface area contributed by atoms with Crippen LogP contribution in [0.1, 0.15) is 38.3 Å². The lowest BCUT2D eigenvalue weighted by Crippen LogP contribution is -2.45. The monoisotopic (exact) mass is 284 g/mol. The molecule has 3 N–H and O–H groups in total. The molecule has 0 bridgehead atoms. The zero-order valence-corrected chi connectivity index (χ0v) is 12.8. The second-order valence-corrected chi connectivity index (χ2v) is 5.44. The molecule has 1 rings (SSSR count). The van der Waals surface area contributed by atoms with Gasteiger partial charge in [-0.05, 0) is 37.8 Å². The number of nitrogens with two attached hydrogens (primary N) is 1. The van der Waals surface area contributed by atoms with Crippen LogP contribution in [0.2, 0.25) is 0 Å². The maximum absolute atomic E-state index is 11.6. The van der Waals surface area contributed by atoms with E-state index in [2.05, 4.69) is 36.5 Å². The van der Waals surface area contributed by atoms with Crippen molar-refractivity contribution >= 4 is 18.3 Å². The average Bonchev–Trinajstić information content (AvgIpc) is 2.33. The SMILES string of the molecule is CCc1ccc(CCC(=O)NCC(C)(C)N)cc1.Cl. The predicted molar refractivity (Wildman–Crippen MR) is 82.7 cm³/mol. The summed E-state index contributed by atoms with van der Waals surface area (Å²) in [5, 5.41) is 2.85. The third-order valence-electron chi connectivity index (χ3n) is 2.81. The molecule has 0 radical (unpaired) electrons. The molecule has 4 heteroatoms. The molecule has 0 spiro atoms. The minimum absolute atomic E-state index is 0. The molecular formula is C15H25ClN2O. The summed E-state index contributed by atoms with van der Waals surface area (Å²) in [7, 11) is 0. The number of nitrogens with one attached hydrogen (secondary N) is 1. The summed E-state index contributed by atoms with van der Waals surface area (Å²) in [6, 6.07) is 8.43. The van der Waals surface area contributed by atoms with E-state index in [0.717, 1.165) is 12.8 Å². The van der Waals surface area contributed by atoms with E-state index in [1.54, 1.807) is 0 Å². The summed E-state index contributed by atoms with van der Waals surface area (Å²) in [4.78, 5) is 11.6. The van der Waals surface area contributed by atoms with Crippen LogP contribution in [0.25, 0.3) is 0 Å². The molecule has 0 aliphatic carbocycles. The molecule has 0 aromatic heterocycles. The van der Waals surface area contributed by atoms with Crippen LogP contribution in [0.5, 0.6) is 0 Å². The lowest BCUT2D eigenvalue weighted by molar-refractivity contribution is -0.121. The Balaban J connectivity index is 0.00000324. The van der Waals surface area contributed by atoms with Gasteiger partial charge in [0.15, 0.2) is 0 Å². The summed E-state index contributed by atoms with van der Waals surface area (Å²) < 4.78 is 0. The smallest absolute Gasteiger partial charge is 0.220 e. The van der Waals surface area contributed by atoms with Gasteiger partial charge in [0.2, 0.25) is 5.91 Å². The van der Waals surface area contributed by atoms with Crippen molar-refractivity contribution in [2.45, 2.75) is 45.6 Å². The van der Waals surface area contributed by atoms with Crippen LogP contribution in [0, 0.1) is 0 Å². The molecule has 0 aliphatic rings. The predicted octanol–water partition coefficient (Wildman–Crippen LogP) is 2.46. The first-order valence-electron chi connectivity index (χ1n) is 6.54. The van der Waals surface area contributed by atoms with Crippen molar-refractivity contribution in [3.05, 3.63) is 35.4 Å². The summed E-state index contributed by atoms with van der Waals surface area (Å²) in [5.41, 5.74) is 7.99. The van der Waals surface area contributed by atoms with E-state index < -0.39 is 0 Å². The van der Waals surface area contributed by atoms with Crippen molar-refractivity contribution < 1.29 is 4.79 Å². The average molecular weight is 285 g/mol. The molecule has 0 saturated carbocycles. The quantitative estimate of drug-likeness (QED) is 0.843. The van der Waals surface area contributed by atoms with Gasteiger partial charge in [-0.1, -0.05) is 31.2 Å². The van der Waals surface area contributed by atoms with E-state index in [9.17, 15) is 4.79 Å². The first-order valence-corrected chi connectivity index (χ1v) is 6.54. The normalized spacial score (nSPS) is 10.7. The van der Waals surface area contributed by atoms with Gasteiger partial charge in [0.25, 0.3) is 0 Å². The number of benzene rings is 1. The lowest BCUT2D eigenvalue weighted by atomic mass is 10.1. The summed E-state index contributed by atoms with van der Waals surface area (Å²) in [5.74, 6) is 0.0630. The number of carbonyl (C=O) groups is 1. The minimum atomic E-state index is -0.349. The van der Waals surface area contributed by atoms with Crippen LogP contribution < -0.4 is 11.1 Å². The van der Waals surface area contributed by atoms with E-state index in [4.69, 9.17) is 5.73 Å². The molecule has 108 valence electrons. The molecule has 0 aliphatic heterocycles. The molecule has 1 aromatic rings. The molecule has 19 heavy (non-hydrogen) atoms. The number of hydrogen-bond acceptors (Lipinski definition) is 2. The van der Waals surface area contributed by atoms with Crippen molar-refractivity contribution in [3.63, 3.8) is 0 Å². The Morgan fingerprint density at radius 3 is 2.21 bits per heavy atom. The standard InChI is InChI=1S/C15H24N2O.ClH/c1-4-12-5-7-13(8-6-12)9-10-14(18)17-11-15(2,3)16;/h5-8H,4,9-11,16H2,1-3H3,(H,17,18);1H. The van der Waals surface area contributed by atoms with Crippen LogP contribution >= 0.6 is 12.4 Å². The Hall–Kier alpha value is -1.06. The van der Waals surface area contributed by atoms with Crippen LogP contribution in [0.3, 0.4) is 0 Å². The van der Waals surface area contributed by atoms with Gasteiger partial charge in [0.05, 0.1) is 0 Å². The summed E-state index contributed by atoms with van der Waals surface area (Å²) in [6.45, 7) is 6.45. The Kier molecular flexibility index (Phi) is 7.72. The van der Waals surface area contributed by atoms with Crippen LogP contribution in [-0.2, 0) is 17.6 Å². The Morgan fingerprint density at radius 2 is 1.74 bits per heavy atom. The molecular weight excluding hydrogens is 260 g/mol. The van der Waals surface area contributed by atoms with Crippen molar-refractivity contribution in [3.8, 4) is 0 Å². The zero-order chi connectivity index (χ0) is 13.6. The fraction of sp³-hybridized carbons (Fsp3) is 0.533. The molecule has 1 amide bonds. The topological polar surface area (TPSA) is 55.1 Å². The van der Waals surface area contributed by atoms with Gasteiger partial charge in [0.1, 0.15) is 0 Å². The second kappa shape index (κ2) is 8.18. The molecule has 0 unspecified atom stereocenters. The van der Waals surface area contributed by atoms with Gasteiger partial charge < -0.3 is 11.1 Å². The maximum atomic E-state index is 11.6. The molecule has 0 saturated heterocycles. The van der Waals surface area contributed by atoms with Crippen LogP contribution in [0.15, 0.2) is 24.3 Å². The van der Waals surface area contributed by atoms with Gasteiger partial charge in [-0.25, -0.2) is 0 Å². The first kappa shape index (κ1) is 17.9. The third kappa shape index (κ3) is 7.85. The maximum Gasteiger partial charge on any atom is 0.220 e. The van der Waals surface area contributed by atoms with E-state index in [1.165, 1.54) is 11.1 Å². The Labute approximate surface area is 122 Å². The van der Waals surface area contributed by atoms with Gasteiger partial charge in [0, 0.05) is 18.5 Å². The summed E-state index contributed by atoms with van der Waals surface area (Å²) in [6.07, 6.45) is 2.34. The zero-order valence-electron chi connectivity index (χ0n) is 12.0. The van der Waals surface area contributed by atoms with E-state index >= 15 is 0 Å². The van der Waals surface area contributed by atoms with Crippen molar-refractivity contribution in [2.24, 2.45) is 5.73 Å². The molecule has 0 atom stereocenters. The van der Waals surface area contributed by atoms with Gasteiger partial charge in [-0.2, -0.15) is 0 Å². The summed E-state index contributed by atoms with van der Waals surface area (Å²) >= 11 is 0. The van der Waals surface area contributed by atoms with Crippen molar-refractivity contribution in [2.75, 3.05) is 6.54 Å². The highest BCUT2D eigenvalue weighted by Crippen LogP contribution is 2.07. The second-order valence-electron chi connectivity index (χ2n) is 5.44. The van der Waals surface area contributed by atoms with Gasteiger partial charge in [-0.3, -0.25) is 4.79 Å². The van der Waals surface area contributed by atoms with E-state index in [1.807, 2.05) is 13.8 Å². The van der Waals surface area contributed by atoms with Gasteiger partial charge >= 0.3 is 0 Å². The Morgan fingerprint density at radius 1 is 1.21 bits per heavy atom. The van der Waals surface area contributed by atoms with Gasteiger partial charge in [-0.15, -0.1) is 12.4 Å². The highest BCUT2D eigenvalue weighted by Gasteiger charge is 2.11. The number of halogens is 1.